The second kappa shape index (κ2) is 10.9. The highest BCUT2D eigenvalue weighted by Crippen LogP contribution is 2.33. The van der Waals surface area contributed by atoms with Crippen LogP contribution in [0.2, 0.25) is 0 Å². The van der Waals surface area contributed by atoms with Gasteiger partial charge in [0.25, 0.3) is 5.91 Å². The van der Waals surface area contributed by atoms with Gasteiger partial charge in [-0.25, -0.2) is 19.2 Å². The number of thioether (sulfide) groups is 1. The van der Waals surface area contributed by atoms with Gasteiger partial charge < -0.3 is 15.2 Å². The molecule has 0 fully saturated rings. The minimum Gasteiger partial charge on any atom is -0.478 e. The summed E-state index contributed by atoms with van der Waals surface area (Å²) in [7, 11) is 0. The molecule has 0 saturated heterocycles. The maximum Gasteiger partial charge on any atom is 0.347 e. The zero-order chi connectivity index (χ0) is 25.7. The maximum atomic E-state index is 13.4. The molecule has 0 spiro atoms. The number of anilines is 1. The molecule has 0 unspecified atom stereocenters. The quantitative estimate of drug-likeness (QED) is 0.255. The van der Waals surface area contributed by atoms with Gasteiger partial charge >= 0.3 is 5.97 Å². The van der Waals surface area contributed by atoms with Gasteiger partial charge in [-0.05, 0) is 74.5 Å². The van der Waals surface area contributed by atoms with Crippen LogP contribution in [-0.4, -0.2) is 32.6 Å². The normalized spacial score (nSPS) is 11.2. The molecule has 36 heavy (non-hydrogen) atoms. The fraction of sp³-hybridized carbons (Fsp3) is 0.154. The van der Waals surface area contributed by atoms with E-state index >= 15 is 0 Å². The summed E-state index contributed by atoms with van der Waals surface area (Å²) < 4.78 is 18.9. The van der Waals surface area contributed by atoms with Crippen LogP contribution < -0.4 is 10.1 Å². The van der Waals surface area contributed by atoms with Crippen molar-refractivity contribution < 1.29 is 23.8 Å². The van der Waals surface area contributed by atoms with E-state index in [0.717, 1.165) is 4.90 Å². The van der Waals surface area contributed by atoms with Crippen LogP contribution in [0.5, 0.6) is 5.75 Å². The van der Waals surface area contributed by atoms with Crippen molar-refractivity contribution >= 4 is 40.8 Å². The van der Waals surface area contributed by atoms with E-state index in [1.54, 1.807) is 48.7 Å². The van der Waals surface area contributed by atoms with E-state index in [4.69, 9.17) is 4.74 Å². The lowest BCUT2D eigenvalue weighted by Crippen LogP contribution is -2.37. The molecule has 2 heterocycles. The van der Waals surface area contributed by atoms with E-state index in [1.165, 1.54) is 49.1 Å². The molecule has 184 valence electrons. The smallest absolute Gasteiger partial charge is 0.347 e. The molecule has 0 aliphatic carbocycles. The number of halogens is 1. The Morgan fingerprint density at radius 1 is 1.08 bits per heavy atom. The van der Waals surface area contributed by atoms with Gasteiger partial charge in [-0.3, -0.25) is 4.79 Å². The summed E-state index contributed by atoms with van der Waals surface area (Å²) in [4.78, 5) is 34.5. The first-order valence-corrected chi connectivity index (χ1v) is 12.6. The molecule has 0 bridgehead atoms. The number of hydrogen-bond acceptors (Lipinski definition) is 7. The number of hydrogen-bond donors (Lipinski definition) is 2. The highest BCUT2D eigenvalue weighted by atomic mass is 32.2. The molecular weight excluding hydrogens is 501 g/mol. The lowest BCUT2D eigenvalue weighted by atomic mass is 10.1. The Bertz CT molecular complexity index is 1360. The second-order valence-corrected chi connectivity index (χ2v) is 10.2. The maximum absolute atomic E-state index is 13.4. The molecule has 2 N–H and O–H groups in total. The molecule has 0 aliphatic rings. The number of carboxylic acid groups (broad SMARTS) is 1. The summed E-state index contributed by atoms with van der Waals surface area (Å²) in [5.41, 5.74) is -0.0424. The van der Waals surface area contributed by atoms with Crippen LogP contribution in [0.25, 0.3) is 10.6 Å². The Morgan fingerprint density at radius 2 is 1.81 bits per heavy atom. The number of carbonyl (C=O) groups excluding carboxylic acids is 1. The first-order chi connectivity index (χ1) is 17.2. The highest BCUT2D eigenvalue weighted by Gasteiger charge is 2.29. The molecule has 7 nitrogen and oxygen atoms in total. The van der Waals surface area contributed by atoms with Crippen molar-refractivity contribution in [1.82, 2.24) is 9.97 Å². The van der Waals surface area contributed by atoms with Crippen molar-refractivity contribution in [1.29, 1.82) is 0 Å². The predicted octanol–water partition coefficient (Wildman–Crippen LogP) is 6.13. The summed E-state index contributed by atoms with van der Waals surface area (Å²) >= 11 is 2.70. The Balaban J connectivity index is 1.54. The Morgan fingerprint density at radius 3 is 2.44 bits per heavy atom. The van der Waals surface area contributed by atoms with Crippen molar-refractivity contribution in [3.63, 3.8) is 0 Å². The fourth-order valence-electron chi connectivity index (χ4n) is 3.05. The van der Waals surface area contributed by atoms with Gasteiger partial charge in [0.1, 0.15) is 27.3 Å². The molecule has 4 rings (SSSR count). The number of pyridine rings is 1. The number of ether oxygens (including phenoxy) is 1. The average molecular weight is 524 g/mol. The van der Waals surface area contributed by atoms with E-state index in [0.29, 0.717) is 38.5 Å². The molecule has 0 atom stereocenters. The lowest BCUT2D eigenvalue weighted by Gasteiger charge is -2.21. The molecule has 0 saturated carbocycles. The third-order valence-corrected chi connectivity index (χ3v) is 7.16. The minimum absolute atomic E-state index is 0.324. The predicted molar refractivity (Wildman–Crippen MR) is 138 cm³/mol. The van der Waals surface area contributed by atoms with Crippen LogP contribution in [0, 0.1) is 5.82 Å². The van der Waals surface area contributed by atoms with Crippen LogP contribution in [0.15, 0.2) is 77.8 Å². The van der Waals surface area contributed by atoms with Crippen LogP contribution in [-0.2, 0) is 10.5 Å². The van der Waals surface area contributed by atoms with Gasteiger partial charge in [-0.1, -0.05) is 6.07 Å². The number of amides is 1. The van der Waals surface area contributed by atoms with Crippen molar-refractivity contribution in [2.24, 2.45) is 0 Å². The number of nitrogens with zero attached hydrogens (tertiary/aromatic N) is 2. The largest absolute Gasteiger partial charge is 0.478 e. The molecule has 2 aromatic heterocycles. The first-order valence-electron chi connectivity index (χ1n) is 10.8. The Labute approximate surface area is 215 Å². The zero-order valence-corrected chi connectivity index (χ0v) is 21.0. The standard InChI is InChI=1S/C26H22FN3O4S2/c1-26(2,25(32)33)34-18-10-12-19(13-11-18)35-15-20-22(23(31)30-21-5-3-4-14-28-21)36-24(29-20)16-6-8-17(27)9-7-16/h3-14H,15H2,1-2H3,(H,32,33)(H,28,30,31). The number of benzene rings is 2. The Kier molecular flexibility index (Phi) is 7.66. The topological polar surface area (TPSA) is 101 Å². The van der Waals surface area contributed by atoms with Crippen molar-refractivity contribution in [3.8, 4) is 16.3 Å². The van der Waals surface area contributed by atoms with Gasteiger partial charge in [0.15, 0.2) is 5.60 Å². The third kappa shape index (κ3) is 6.27. The van der Waals surface area contributed by atoms with Crippen molar-refractivity contribution in [3.05, 3.63) is 89.3 Å². The number of thiazole rings is 1. The molecule has 1 amide bonds. The van der Waals surface area contributed by atoms with Gasteiger partial charge in [0.05, 0.1) is 5.69 Å². The molecule has 0 radical (unpaired) electrons. The summed E-state index contributed by atoms with van der Waals surface area (Å²) in [6.07, 6.45) is 1.59. The number of rotatable bonds is 9. The van der Waals surface area contributed by atoms with Gasteiger partial charge in [-0.15, -0.1) is 23.1 Å². The van der Waals surface area contributed by atoms with Gasteiger partial charge in [0, 0.05) is 22.4 Å². The Hall–Kier alpha value is -3.76. The SMILES string of the molecule is CC(C)(Oc1ccc(SCc2nc(-c3ccc(F)cc3)sc2C(=O)Nc2ccccn2)cc1)C(=O)O. The number of carboxylic acids is 1. The fourth-order valence-corrected chi connectivity index (χ4v) is 4.96. The third-order valence-electron chi connectivity index (χ3n) is 4.99. The zero-order valence-electron chi connectivity index (χ0n) is 19.4. The van der Waals surface area contributed by atoms with Crippen molar-refractivity contribution in [2.75, 3.05) is 5.32 Å². The monoisotopic (exact) mass is 523 g/mol. The summed E-state index contributed by atoms with van der Waals surface area (Å²) in [6.45, 7) is 2.97. The van der Waals surface area contributed by atoms with Crippen LogP contribution >= 0.6 is 23.1 Å². The summed E-state index contributed by atoms with van der Waals surface area (Å²) in [5.74, 6) is -0.456. The molecule has 0 aliphatic heterocycles. The van der Waals surface area contributed by atoms with Crippen LogP contribution in [0.4, 0.5) is 10.2 Å². The van der Waals surface area contributed by atoms with Crippen LogP contribution in [0.3, 0.4) is 0 Å². The summed E-state index contributed by atoms with van der Waals surface area (Å²) in [6, 6.07) is 18.2. The highest BCUT2D eigenvalue weighted by molar-refractivity contribution is 7.98. The first kappa shape index (κ1) is 25.3. The van der Waals surface area contributed by atoms with Crippen LogP contribution in [0.1, 0.15) is 29.2 Å². The van der Waals surface area contributed by atoms with Gasteiger partial charge in [-0.2, -0.15) is 0 Å². The minimum atomic E-state index is -1.35. The lowest BCUT2D eigenvalue weighted by molar-refractivity contribution is -0.152. The van der Waals surface area contributed by atoms with Crippen molar-refractivity contribution in [2.45, 2.75) is 30.1 Å². The number of nitrogens with one attached hydrogen (secondary N) is 1. The van der Waals surface area contributed by atoms with E-state index in [-0.39, 0.29) is 11.7 Å². The average Bonchev–Trinajstić information content (AvgIpc) is 3.29. The molecule has 4 aromatic rings. The van der Waals surface area contributed by atoms with E-state index < -0.39 is 11.6 Å². The van der Waals surface area contributed by atoms with Gasteiger partial charge in [0.2, 0.25) is 0 Å². The summed E-state index contributed by atoms with van der Waals surface area (Å²) in [5, 5.41) is 12.6. The van der Waals surface area contributed by atoms with E-state index in [2.05, 4.69) is 15.3 Å². The van der Waals surface area contributed by atoms with E-state index in [9.17, 15) is 19.1 Å². The van der Waals surface area contributed by atoms with E-state index in [1.807, 2.05) is 12.1 Å². The number of aromatic nitrogens is 2. The molecule has 10 heteroatoms. The number of carbonyl (C=O) groups is 2. The molecule has 2 aromatic carbocycles. The molecular formula is C26H22FN3O4S2. The second-order valence-electron chi connectivity index (χ2n) is 8.15. The number of aliphatic carboxylic acids is 1.